The quantitative estimate of drug-likeness (QED) is 0.737. The van der Waals surface area contributed by atoms with Crippen molar-refractivity contribution in [3.63, 3.8) is 0 Å². The fourth-order valence-corrected chi connectivity index (χ4v) is 1.92. The molecule has 0 unspecified atom stereocenters. The summed E-state index contributed by atoms with van der Waals surface area (Å²) in [7, 11) is 0. The number of phenolic OH excluding ortho intramolecular Hbond substituents is 1. The second-order valence-corrected chi connectivity index (χ2v) is 4.56. The number of aromatic hydroxyl groups is 1. The molecule has 20 heavy (non-hydrogen) atoms. The summed E-state index contributed by atoms with van der Waals surface area (Å²) in [6.45, 7) is 3.69. The highest BCUT2D eigenvalue weighted by atomic mass is 19.1. The van der Waals surface area contributed by atoms with Gasteiger partial charge in [0.25, 0.3) is 5.91 Å². The highest BCUT2D eigenvalue weighted by Gasteiger charge is 2.18. The van der Waals surface area contributed by atoms with E-state index in [4.69, 9.17) is 5.73 Å². The summed E-state index contributed by atoms with van der Waals surface area (Å²) in [5.41, 5.74) is 7.99. The van der Waals surface area contributed by atoms with Crippen LogP contribution in [0.2, 0.25) is 0 Å². The molecular formula is C15H15FN2O2. The number of benzene rings is 2. The van der Waals surface area contributed by atoms with Crippen molar-refractivity contribution >= 4 is 17.3 Å². The molecule has 0 radical (unpaired) electrons. The van der Waals surface area contributed by atoms with Crippen LogP contribution in [0.1, 0.15) is 21.5 Å². The van der Waals surface area contributed by atoms with E-state index < -0.39 is 23.0 Å². The molecular weight excluding hydrogens is 259 g/mol. The fourth-order valence-electron chi connectivity index (χ4n) is 1.92. The summed E-state index contributed by atoms with van der Waals surface area (Å²) in [6.07, 6.45) is 0. The Labute approximate surface area is 116 Å². The van der Waals surface area contributed by atoms with Gasteiger partial charge in [0.15, 0.2) is 0 Å². The number of halogens is 1. The Balaban J connectivity index is 2.41. The number of nitrogens with two attached hydrogens (primary N) is 1. The van der Waals surface area contributed by atoms with Crippen LogP contribution in [0.4, 0.5) is 15.8 Å². The van der Waals surface area contributed by atoms with E-state index in [2.05, 4.69) is 5.32 Å². The molecule has 5 heteroatoms. The van der Waals surface area contributed by atoms with Gasteiger partial charge in [-0.25, -0.2) is 4.39 Å². The van der Waals surface area contributed by atoms with Crippen molar-refractivity contribution in [3.8, 4) is 5.75 Å². The third-order valence-electron chi connectivity index (χ3n) is 3.23. The Morgan fingerprint density at radius 3 is 2.60 bits per heavy atom. The maximum Gasteiger partial charge on any atom is 0.262 e. The molecule has 0 saturated heterocycles. The number of anilines is 2. The van der Waals surface area contributed by atoms with E-state index in [1.165, 1.54) is 12.1 Å². The number of carbonyl (C=O) groups excluding carboxylic acids is 1. The van der Waals surface area contributed by atoms with E-state index in [1.807, 2.05) is 19.9 Å². The molecule has 1 amide bonds. The van der Waals surface area contributed by atoms with Crippen LogP contribution in [0.5, 0.6) is 5.75 Å². The molecule has 0 aliphatic carbocycles. The molecule has 2 aromatic rings. The zero-order valence-corrected chi connectivity index (χ0v) is 11.2. The van der Waals surface area contributed by atoms with Crippen molar-refractivity contribution in [2.24, 2.45) is 0 Å². The minimum absolute atomic E-state index is 0.386. The maximum absolute atomic E-state index is 13.6. The van der Waals surface area contributed by atoms with E-state index >= 15 is 0 Å². The average Bonchev–Trinajstić information content (AvgIpc) is 2.39. The first-order valence-electron chi connectivity index (χ1n) is 6.06. The summed E-state index contributed by atoms with van der Waals surface area (Å²) >= 11 is 0. The van der Waals surface area contributed by atoms with Crippen molar-refractivity contribution < 1.29 is 14.3 Å². The number of aryl methyl sites for hydroxylation is 1. The topological polar surface area (TPSA) is 75.3 Å². The van der Waals surface area contributed by atoms with E-state index in [0.29, 0.717) is 11.4 Å². The van der Waals surface area contributed by atoms with Crippen molar-refractivity contribution in [3.05, 3.63) is 52.8 Å². The van der Waals surface area contributed by atoms with Gasteiger partial charge in [-0.05, 0) is 43.2 Å². The number of hydrogen-bond donors (Lipinski definition) is 3. The summed E-state index contributed by atoms with van der Waals surface area (Å²) in [5.74, 6) is -1.93. The summed E-state index contributed by atoms with van der Waals surface area (Å²) < 4.78 is 13.6. The molecule has 0 aliphatic rings. The van der Waals surface area contributed by atoms with Crippen LogP contribution in [0, 0.1) is 19.7 Å². The van der Waals surface area contributed by atoms with E-state index in [1.54, 1.807) is 6.07 Å². The number of nitrogen functional groups attached to an aromatic ring is 1. The van der Waals surface area contributed by atoms with Gasteiger partial charge in [0, 0.05) is 0 Å². The molecule has 4 N–H and O–H groups in total. The molecule has 2 aromatic carbocycles. The highest BCUT2D eigenvalue weighted by Crippen LogP contribution is 2.28. The van der Waals surface area contributed by atoms with Crippen molar-refractivity contribution in [2.45, 2.75) is 13.8 Å². The number of amides is 1. The molecule has 0 saturated carbocycles. The standard InChI is InChI=1S/C15H15FN2O2/c1-8-6-7-11(17)14(9(8)2)18-15(20)13-10(16)4-3-5-12(13)19/h3-7,19H,17H2,1-2H3,(H,18,20). The predicted octanol–water partition coefficient (Wildman–Crippen LogP) is 2.98. The Morgan fingerprint density at radius 2 is 1.95 bits per heavy atom. The molecule has 4 nitrogen and oxygen atoms in total. The van der Waals surface area contributed by atoms with Gasteiger partial charge in [-0.2, -0.15) is 0 Å². The SMILES string of the molecule is Cc1ccc(N)c(NC(=O)c2c(O)cccc2F)c1C. The molecule has 0 atom stereocenters. The van der Waals surface area contributed by atoms with E-state index in [0.717, 1.165) is 17.2 Å². The molecule has 0 aromatic heterocycles. The smallest absolute Gasteiger partial charge is 0.262 e. The second-order valence-electron chi connectivity index (χ2n) is 4.56. The van der Waals surface area contributed by atoms with Crippen LogP contribution in [0.25, 0.3) is 0 Å². The Morgan fingerprint density at radius 1 is 1.25 bits per heavy atom. The highest BCUT2D eigenvalue weighted by molar-refractivity contribution is 6.08. The van der Waals surface area contributed by atoms with Crippen LogP contribution in [0.15, 0.2) is 30.3 Å². The zero-order valence-electron chi connectivity index (χ0n) is 11.2. The van der Waals surface area contributed by atoms with Gasteiger partial charge < -0.3 is 16.2 Å². The Bertz CT molecular complexity index is 664. The number of carbonyl (C=O) groups is 1. The first-order valence-corrected chi connectivity index (χ1v) is 6.06. The van der Waals surface area contributed by atoms with Gasteiger partial charge in [0.1, 0.15) is 17.1 Å². The lowest BCUT2D eigenvalue weighted by Crippen LogP contribution is -2.16. The average molecular weight is 274 g/mol. The summed E-state index contributed by atoms with van der Waals surface area (Å²) in [5, 5.41) is 12.2. The maximum atomic E-state index is 13.6. The first kappa shape index (κ1) is 13.9. The van der Waals surface area contributed by atoms with Gasteiger partial charge in [-0.3, -0.25) is 4.79 Å². The van der Waals surface area contributed by atoms with Gasteiger partial charge in [-0.1, -0.05) is 12.1 Å². The largest absolute Gasteiger partial charge is 0.507 e. The monoisotopic (exact) mass is 274 g/mol. The lowest BCUT2D eigenvalue weighted by molar-refractivity contribution is 0.102. The Kier molecular flexibility index (Phi) is 3.61. The van der Waals surface area contributed by atoms with Gasteiger partial charge in [0.05, 0.1) is 11.4 Å². The van der Waals surface area contributed by atoms with Crippen LogP contribution in [-0.4, -0.2) is 11.0 Å². The number of hydrogen-bond acceptors (Lipinski definition) is 3. The van der Waals surface area contributed by atoms with Gasteiger partial charge in [0.2, 0.25) is 0 Å². The minimum atomic E-state index is -0.786. The van der Waals surface area contributed by atoms with Crippen LogP contribution < -0.4 is 11.1 Å². The molecule has 0 fully saturated rings. The van der Waals surface area contributed by atoms with Crippen molar-refractivity contribution in [1.82, 2.24) is 0 Å². The molecule has 0 heterocycles. The normalized spacial score (nSPS) is 10.3. The number of rotatable bonds is 2. The third kappa shape index (κ3) is 2.42. The Hall–Kier alpha value is -2.56. The van der Waals surface area contributed by atoms with Crippen LogP contribution in [-0.2, 0) is 0 Å². The first-order chi connectivity index (χ1) is 9.41. The van der Waals surface area contributed by atoms with Crippen molar-refractivity contribution in [2.75, 3.05) is 11.1 Å². The van der Waals surface area contributed by atoms with Crippen molar-refractivity contribution in [1.29, 1.82) is 0 Å². The molecule has 104 valence electrons. The van der Waals surface area contributed by atoms with Gasteiger partial charge in [-0.15, -0.1) is 0 Å². The molecule has 0 spiro atoms. The minimum Gasteiger partial charge on any atom is -0.507 e. The molecule has 2 rings (SSSR count). The second kappa shape index (κ2) is 5.21. The number of phenols is 1. The van der Waals surface area contributed by atoms with Crippen LogP contribution >= 0.6 is 0 Å². The van der Waals surface area contributed by atoms with E-state index in [-0.39, 0.29) is 0 Å². The molecule has 0 bridgehead atoms. The lowest BCUT2D eigenvalue weighted by Gasteiger charge is -2.14. The predicted molar refractivity (Wildman–Crippen MR) is 76.3 cm³/mol. The lowest BCUT2D eigenvalue weighted by atomic mass is 10.1. The van der Waals surface area contributed by atoms with Gasteiger partial charge >= 0.3 is 0 Å². The third-order valence-corrected chi connectivity index (χ3v) is 3.23. The van der Waals surface area contributed by atoms with Crippen LogP contribution in [0.3, 0.4) is 0 Å². The molecule has 0 aliphatic heterocycles. The summed E-state index contributed by atoms with van der Waals surface area (Å²) in [4.78, 5) is 12.1. The number of nitrogens with one attached hydrogen (secondary N) is 1. The van der Waals surface area contributed by atoms with E-state index in [9.17, 15) is 14.3 Å². The fraction of sp³-hybridized carbons (Fsp3) is 0.133. The summed E-state index contributed by atoms with van der Waals surface area (Å²) in [6, 6.07) is 7.19. The zero-order chi connectivity index (χ0) is 14.9.